The molecule has 0 saturated carbocycles. The van der Waals surface area contributed by atoms with Gasteiger partial charge in [-0.05, 0) is 41.8 Å². The number of rotatable bonds is 5. The van der Waals surface area contributed by atoms with Crippen molar-refractivity contribution in [1.29, 1.82) is 0 Å². The highest BCUT2D eigenvalue weighted by Gasteiger charge is 2.15. The topological polar surface area (TPSA) is 79.3 Å². The molecule has 1 aromatic heterocycles. The summed E-state index contributed by atoms with van der Waals surface area (Å²) in [6.07, 6.45) is 3.29. The Kier molecular flexibility index (Phi) is 4.95. The first-order valence-corrected chi connectivity index (χ1v) is 8.08. The maximum atomic E-state index is 12.2. The van der Waals surface area contributed by atoms with E-state index in [2.05, 4.69) is 9.71 Å². The van der Waals surface area contributed by atoms with Crippen LogP contribution in [0.4, 0.5) is 0 Å². The van der Waals surface area contributed by atoms with Crippen LogP contribution in [0.25, 0.3) is 0 Å². The second-order valence-corrected chi connectivity index (χ2v) is 6.71. The molecule has 0 spiro atoms. The van der Waals surface area contributed by atoms with Crippen molar-refractivity contribution < 1.29 is 13.5 Å². The molecule has 2 aromatic rings. The zero-order valence-electron chi connectivity index (χ0n) is 11.4. The van der Waals surface area contributed by atoms with Gasteiger partial charge in [-0.2, -0.15) is 0 Å². The lowest BCUT2D eigenvalue weighted by molar-refractivity contribution is 0.282. The summed E-state index contributed by atoms with van der Waals surface area (Å²) in [5.74, 6) is 0. The number of halogens is 1. The van der Waals surface area contributed by atoms with Gasteiger partial charge in [-0.1, -0.05) is 17.7 Å². The van der Waals surface area contributed by atoms with E-state index >= 15 is 0 Å². The third-order valence-electron chi connectivity index (χ3n) is 3.09. The van der Waals surface area contributed by atoms with Crippen molar-refractivity contribution in [3.63, 3.8) is 0 Å². The number of hydrogen-bond donors (Lipinski definition) is 2. The van der Waals surface area contributed by atoms with Crippen molar-refractivity contribution in [3.8, 4) is 0 Å². The summed E-state index contributed by atoms with van der Waals surface area (Å²) in [5.41, 5.74) is 2.25. The number of aryl methyl sites for hydroxylation is 1. The van der Waals surface area contributed by atoms with Gasteiger partial charge >= 0.3 is 0 Å². The van der Waals surface area contributed by atoms with Crippen LogP contribution in [-0.4, -0.2) is 18.5 Å². The first kappa shape index (κ1) is 15.9. The standard InChI is InChI=1S/C14H15ClN2O3S/c1-10-7-16-5-4-11(10)8-17-21(19,20)13-3-2-12(9-18)14(15)6-13/h2-7,17-18H,8-9H2,1H3. The van der Waals surface area contributed by atoms with Crippen LogP contribution >= 0.6 is 11.6 Å². The van der Waals surface area contributed by atoms with Crippen LogP contribution in [0, 0.1) is 6.92 Å². The largest absolute Gasteiger partial charge is 0.392 e. The second kappa shape index (κ2) is 6.53. The van der Waals surface area contributed by atoms with Gasteiger partial charge in [0.1, 0.15) is 0 Å². The molecule has 7 heteroatoms. The van der Waals surface area contributed by atoms with Crippen LogP contribution in [0.1, 0.15) is 16.7 Å². The molecular formula is C14H15ClN2O3S. The lowest BCUT2D eigenvalue weighted by Crippen LogP contribution is -2.23. The number of hydrogen-bond acceptors (Lipinski definition) is 4. The molecule has 5 nitrogen and oxygen atoms in total. The van der Waals surface area contributed by atoms with E-state index in [1.54, 1.807) is 18.5 Å². The number of aliphatic hydroxyl groups is 1. The first-order valence-electron chi connectivity index (χ1n) is 6.22. The van der Waals surface area contributed by atoms with E-state index in [1.165, 1.54) is 18.2 Å². The molecule has 0 atom stereocenters. The lowest BCUT2D eigenvalue weighted by atomic mass is 10.2. The molecule has 0 amide bonds. The van der Waals surface area contributed by atoms with E-state index in [1.807, 2.05) is 6.92 Å². The average molecular weight is 327 g/mol. The molecule has 1 heterocycles. The lowest BCUT2D eigenvalue weighted by Gasteiger charge is -2.10. The molecule has 0 unspecified atom stereocenters. The number of pyridine rings is 1. The summed E-state index contributed by atoms with van der Waals surface area (Å²) in [6.45, 7) is 1.81. The van der Waals surface area contributed by atoms with E-state index in [4.69, 9.17) is 16.7 Å². The van der Waals surface area contributed by atoms with Crippen molar-refractivity contribution in [1.82, 2.24) is 9.71 Å². The van der Waals surface area contributed by atoms with E-state index in [9.17, 15) is 8.42 Å². The van der Waals surface area contributed by atoms with Crippen LogP contribution in [0.2, 0.25) is 5.02 Å². The summed E-state index contributed by atoms with van der Waals surface area (Å²) in [5, 5.41) is 9.26. The molecule has 0 saturated heterocycles. The van der Waals surface area contributed by atoms with Crippen molar-refractivity contribution >= 4 is 21.6 Å². The summed E-state index contributed by atoms with van der Waals surface area (Å²) in [7, 11) is -3.66. The van der Waals surface area contributed by atoms with Gasteiger partial charge in [-0.15, -0.1) is 0 Å². The van der Waals surface area contributed by atoms with Crippen molar-refractivity contribution in [3.05, 3.63) is 58.4 Å². The van der Waals surface area contributed by atoms with E-state index in [-0.39, 0.29) is 23.1 Å². The van der Waals surface area contributed by atoms with Crippen LogP contribution < -0.4 is 4.72 Å². The number of nitrogens with one attached hydrogen (secondary N) is 1. The minimum Gasteiger partial charge on any atom is -0.392 e. The zero-order chi connectivity index (χ0) is 15.5. The molecule has 0 aliphatic rings. The number of aromatic nitrogens is 1. The Morgan fingerprint density at radius 3 is 2.67 bits per heavy atom. The minimum absolute atomic E-state index is 0.0661. The molecule has 112 valence electrons. The SMILES string of the molecule is Cc1cnccc1CNS(=O)(=O)c1ccc(CO)c(Cl)c1. The van der Waals surface area contributed by atoms with Crippen molar-refractivity contribution in [2.24, 2.45) is 0 Å². The molecule has 2 N–H and O–H groups in total. The highest BCUT2D eigenvalue weighted by atomic mass is 35.5. The number of nitrogens with zero attached hydrogens (tertiary/aromatic N) is 1. The Hall–Kier alpha value is -1.47. The molecule has 0 aliphatic heterocycles. The second-order valence-electron chi connectivity index (χ2n) is 4.54. The number of aliphatic hydroxyl groups excluding tert-OH is 1. The monoisotopic (exact) mass is 326 g/mol. The first-order chi connectivity index (χ1) is 9.94. The maximum absolute atomic E-state index is 12.2. The Morgan fingerprint density at radius 2 is 2.05 bits per heavy atom. The fraction of sp³-hybridized carbons (Fsp3) is 0.214. The number of sulfonamides is 1. The molecule has 21 heavy (non-hydrogen) atoms. The molecule has 0 bridgehead atoms. The van der Waals surface area contributed by atoms with E-state index < -0.39 is 10.0 Å². The molecule has 0 fully saturated rings. The van der Waals surface area contributed by atoms with Crippen LogP contribution in [0.3, 0.4) is 0 Å². The molecular weight excluding hydrogens is 312 g/mol. The fourth-order valence-corrected chi connectivity index (χ4v) is 3.12. The van der Waals surface area contributed by atoms with Crippen LogP contribution in [0.15, 0.2) is 41.6 Å². The molecule has 0 radical (unpaired) electrons. The van der Waals surface area contributed by atoms with Gasteiger partial charge in [0.25, 0.3) is 0 Å². The maximum Gasteiger partial charge on any atom is 0.240 e. The van der Waals surface area contributed by atoms with Crippen LogP contribution in [-0.2, 0) is 23.2 Å². The zero-order valence-corrected chi connectivity index (χ0v) is 12.9. The third kappa shape index (κ3) is 3.79. The fourth-order valence-electron chi connectivity index (χ4n) is 1.78. The van der Waals surface area contributed by atoms with Gasteiger partial charge in [0.05, 0.1) is 11.5 Å². The molecule has 0 aliphatic carbocycles. The highest BCUT2D eigenvalue weighted by Crippen LogP contribution is 2.21. The summed E-state index contributed by atoms with van der Waals surface area (Å²) >= 11 is 5.92. The number of benzene rings is 1. The Labute approximate surface area is 128 Å². The molecule has 1 aromatic carbocycles. The average Bonchev–Trinajstić information content (AvgIpc) is 2.46. The summed E-state index contributed by atoms with van der Waals surface area (Å²) < 4.78 is 27.0. The highest BCUT2D eigenvalue weighted by molar-refractivity contribution is 7.89. The predicted octanol–water partition coefficient (Wildman–Crippen LogP) is 2.01. The van der Waals surface area contributed by atoms with Gasteiger partial charge in [-0.3, -0.25) is 4.98 Å². The van der Waals surface area contributed by atoms with Crippen molar-refractivity contribution in [2.75, 3.05) is 0 Å². The van der Waals surface area contributed by atoms with Crippen molar-refractivity contribution in [2.45, 2.75) is 25.0 Å². The smallest absolute Gasteiger partial charge is 0.240 e. The van der Waals surface area contributed by atoms with Crippen LogP contribution in [0.5, 0.6) is 0 Å². The van der Waals surface area contributed by atoms with Gasteiger partial charge in [0.2, 0.25) is 10.0 Å². The Morgan fingerprint density at radius 1 is 1.29 bits per heavy atom. The predicted molar refractivity (Wildman–Crippen MR) is 80.4 cm³/mol. The summed E-state index contributed by atoms with van der Waals surface area (Å²) in [4.78, 5) is 4.03. The minimum atomic E-state index is -3.66. The summed E-state index contributed by atoms with van der Waals surface area (Å²) in [6, 6.07) is 6.00. The van der Waals surface area contributed by atoms with E-state index in [0.29, 0.717) is 5.56 Å². The van der Waals surface area contributed by atoms with Gasteiger partial charge in [0.15, 0.2) is 0 Å². The quantitative estimate of drug-likeness (QED) is 0.881. The van der Waals surface area contributed by atoms with Gasteiger partial charge in [0, 0.05) is 24.0 Å². The Bertz CT molecular complexity index is 748. The van der Waals surface area contributed by atoms with Gasteiger partial charge < -0.3 is 5.11 Å². The van der Waals surface area contributed by atoms with Gasteiger partial charge in [-0.25, -0.2) is 13.1 Å². The Balaban J connectivity index is 2.19. The third-order valence-corrected chi connectivity index (χ3v) is 4.85. The van der Waals surface area contributed by atoms with E-state index in [0.717, 1.165) is 11.1 Å². The molecule has 2 rings (SSSR count). The normalized spacial score (nSPS) is 11.6.